The second-order valence-corrected chi connectivity index (χ2v) is 7.24. The van der Waals surface area contributed by atoms with Crippen LogP contribution < -0.4 is 19.5 Å². The standard InChI is InChI=1S/C23H29N3O4/c1-6-15(2)14-26-18-10-8-7-9-17(18)25-21(26)13-24-23(27)16-11-19(28-3)22(30-5)20(12-16)29-4/h7-12,15H,6,13-14H2,1-5H3,(H,24,27). The summed E-state index contributed by atoms with van der Waals surface area (Å²) in [5, 5.41) is 2.97. The molecule has 7 nitrogen and oxygen atoms in total. The molecule has 2 aromatic carbocycles. The number of methoxy groups -OCH3 is 3. The first-order chi connectivity index (χ1) is 14.5. The number of carbonyl (C=O) groups excluding carboxylic acids is 1. The van der Waals surface area contributed by atoms with E-state index in [4.69, 9.17) is 19.2 Å². The third-order valence-electron chi connectivity index (χ3n) is 5.26. The highest BCUT2D eigenvalue weighted by Gasteiger charge is 2.18. The second kappa shape index (κ2) is 9.52. The molecule has 0 aliphatic carbocycles. The van der Waals surface area contributed by atoms with Crippen LogP contribution in [0.2, 0.25) is 0 Å². The fourth-order valence-electron chi connectivity index (χ4n) is 3.38. The minimum absolute atomic E-state index is 0.239. The van der Waals surface area contributed by atoms with Crippen molar-refractivity contribution in [3.8, 4) is 17.2 Å². The summed E-state index contributed by atoms with van der Waals surface area (Å²) in [5.41, 5.74) is 2.43. The fourth-order valence-corrected chi connectivity index (χ4v) is 3.38. The molecule has 7 heteroatoms. The predicted molar refractivity (Wildman–Crippen MR) is 116 cm³/mol. The summed E-state index contributed by atoms with van der Waals surface area (Å²) in [4.78, 5) is 17.6. The molecule has 1 unspecified atom stereocenters. The molecule has 0 spiro atoms. The molecular weight excluding hydrogens is 382 g/mol. The molecule has 0 fully saturated rings. The Labute approximate surface area is 177 Å². The van der Waals surface area contributed by atoms with Crippen molar-refractivity contribution in [2.75, 3.05) is 21.3 Å². The van der Waals surface area contributed by atoms with E-state index in [1.54, 1.807) is 12.1 Å². The largest absolute Gasteiger partial charge is 0.493 e. The van der Waals surface area contributed by atoms with Gasteiger partial charge in [0.1, 0.15) is 5.82 Å². The monoisotopic (exact) mass is 411 g/mol. The lowest BCUT2D eigenvalue weighted by Crippen LogP contribution is -2.25. The van der Waals surface area contributed by atoms with E-state index in [0.717, 1.165) is 29.8 Å². The fraction of sp³-hybridized carbons (Fsp3) is 0.391. The summed E-state index contributed by atoms with van der Waals surface area (Å²) in [7, 11) is 4.58. The highest BCUT2D eigenvalue weighted by molar-refractivity contribution is 5.95. The lowest BCUT2D eigenvalue weighted by atomic mass is 10.1. The highest BCUT2D eigenvalue weighted by atomic mass is 16.5. The third kappa shape index (κ3) is 4.35. The van der Waals surface area contributed by atoms with Crippen LogP contribution in [0.4, 0.5) is 0 Å². The Balaban J connectivity index is 1.86. The summed E-state index contributed by atoms with van der Waals surface area (Å²) in [6, 6.07) is 11.3. The number of nitrogens with one attached hydrogen (secondary N) is 1. The molecule has 0 saturated heterocycles. The number of amides is 1. The van der Waals surface area contributed by atoms with Gasteiger partial charge in [-0.1, -0.05) is 32.4 Å². The van der Waals surface area contributed by atoms with Crippen LogP contribution in [0, 0.1) is 5.92 Å². The van der Waals surface area contributed by atoms with Gasteiger partial charge in [-0.05, 0) is 30.2 Å². The number of fused-ring (bicyclic) bond motifs is 1. The van der Waals surface area contributed by atoms with Crippen LogP contribution >= 0.6 is 0 Å². The molecule has 3 aromatic rings. The van der Waals surface area contributed by atoms with E-state index in [1.807, 2.05) is 18.2 Å². The number of imidazole rings is 1. The quantitative estimate of drug-likeness (QED) is 0.575. The number of benzene rings is 2. The van der Waals surface area contributed by atoms with Crippen molar-refractivity contribution in [3.63, 3.8) is 0 Å². The molecule has 1 amide bonds. The summed E-state index contributed by atoms with van der Waals surface area (Å²) in [5.74, 6) is 2.42. The van der Waals surface area contributed by atoms with Gasteiger partial charge in [-0.15, -0.1) is 0 Å². The Kier molecular flexibility index (Phi) is 6.82. The number of ether oxygens (including phenoxy) is 3. The highest BCUT2D eigenvalue weighted by Crippen LogP contribution is 2.38. The lowest BCUT2D eigenvalue weighted by Gasteiger charge is -2.15. The molecule has 0 aliphatic heterocycles. The average Bonchev–Trinajstić information content (AvgIpc) is 3.13. The lowest BCUT2D eigenvalue weighted by molar-refractivity contribution is 0.0948. The molecule has 1 aromatic heterocycles. The summed E-state index contributed by atoms with van der Waals surface area (Å²) in [6.07, 6.45) is 1.07. The van der Waals surface area contributed by atoms with Crippen molar-refractivity contribution in [1.82, 2.24) is 14.9 Å². The average molecular weight is 412 g/mol. The number of nitrogens with zero attached hydrogens (tertiary/aromatic N) is 2. The zero-order valence-electron chi connectivity index (χ0n) is 18.2. The Morgan fingerprint density at radius 3 is 2.37 bits per heavy atom. The first-order valence-corrected chi connectivity index (χ1v) is 10.0. The van der Waals surface area contributed by atoms with Crippen molar-refractivity contribution in [2.45, 2.75) is 33.4 Å². The van der Waals surface area contributed by atoms with Crippen LogP contribution in [0.25, 0.3) is 11.0 Å². The smallest absolute Gasteiger partial charge is 0.251 e. The molecular formula is C23H29N3O4. The van der Waals surface area contributed by atoms with Gasteiger partial charge in [0, 0.05) is 12.1 Å². The van der Waals surface area contributed by atoms with Crippen molar-refractivity contribution < 1.29 is 19.0 Å². The Hall–Kier alpha value is -3.22. The van der Waals surface area contributed by atoms with Crippen molar-refractivity contribution in [1.29, 1.82) is 0 Å². The molecule has 1 N–H and O–H groups in total. The van der Waals surface area contributed by atoms with E-state index in [-0.39, 0.29) is 5.91 Å². The van der Waals surface area contributed by atoms with Gasteiger partial charge in [0.25, 0.3) is 5.91 Å². The van der Waals surface area contributed by atoms with Gasteiger partial charge in [-0.3, -0.25) is 4.79 Å². The molecule has 0 radical (unpaired) electrons. The molecule has 160 valence electrons. The topological polar surface area (TPSA) is 74.6 Å². The number of para-hydroxylation sites is 2. The van der Waals surface area contributed by atoms with E-state index < -0.39 is 0 Å². The predicted octanol–water partition coefficient (Wildman–Crippen LogP) is 4.04. The van der Waals surface area contributed by atoms with Crippen LogP contribution in [0.15, 0.2) is 36.4 Å². The SMILES string of the molecule is CCC(C)Cn1c(CNC(=O)c2cc(OC)c(OC)c(OC)c2)nc2ccccc21. The maximum Gasteiger partial charge on any atom is 0.251 e. The number of rotatable bonds is 9. The summed E-state index contributed by atoms with van der Waals surface area (Å²) in [6.45, 7) is 5.57. The number of hydrogen-bond acceptors (Lipinski definition) is 5. The van der Waals surface area contributed by atoms with Gasteiger partial charge in [0.05, 0.1) is 38.9 Å². The van der Waals surface area contributed by atoms with E-state index in [2.05, 4.69) is 29.8 Å². The second-order valence-electron chi connectivity index (χ2n) is 7.24. The molecule has 0 saturated carbocycles. The van der Waals surface area contributed by atoms with Crippen LogP contribution in [0.1, 0.15) is 36.5 Å². The summed E-state index contributed by atoms with van der Waals surface area (Å²) < 4.78 is 18.2. The van der Waals surface area contributed by atoms with Crippen LogP contribution in [0.5, 0.6) is 17.2 Å². The zero-order valence-corrected chi connectivity index (χ0v) is 18.2. The Morgan fingerprint density at radius 1 is 1.10 bits per heavy atom. The molecule has 0 bridgehead atoms. The molecule has 3 rings (SSSR count). The maximum absolute atomic E-state index is 12.9. The molecule has 1 atom stereocenters. The number of carbonyl (C=O) groups is 1. The van der Waals surface area contributed by atoms with Crippen molar-refractivity contribution in [3.05, 3.63) is 47.8 Å². The summed E-state index contributed by atoms with van der Waals surface area (Å²) >= 11 is 0. The van der Waals surface area contributed by atoms with E-state index >= 15 is 0 Å². The number of aromatic nitrogens is 2. The van der Waals surface area contributed by atoms with E-state index in [1.165, 1.54) is 21.3 Å². The van der Waals surface area contributed by atoms with Gasteiger partial charge in [-0.25, -0.2) is 4.98 Å². The van der Waals surface area contributed by atoms with Gasteiger partial charge >= 0.3 is 0 Å². The normalized spacial score (nSPS) is 11.9. The van der Waals surface area contributed by atoms with Crippen molar-refractivity contribution in [2.24, 2.45) is 5.92 Å². The zero-order chi connectivity index (χ0) is 21.7. The first kappa shape index (κ1) is 21.5. The Bertz CT molecular complexity index is 1000. The van der Waals surface area contributed by atoms with E-state index in [9.17, 15) is 4.79 Å². The van der Waals surface area contributed by atoms with Gasteiger partial charge in [0.15, 0.2) is 11.5 Å². The third-order valence-corrected chi connectivity index (χ3v) is 5.26. The van der Waals surface area contributed by atoms with E-state index in [0.29, 0.717) is 35.3 Å². The molecule has 0 aliphatic rings. The van der Waals surface area contributed by atoms with Crippen LogP contribution in [0.3, 0.4) is 0 Å². The van der Waals surface area contributed by atoms with Crippen LogP contribution in [-0.4, -0.2) is 36.8 Å². The van der Waals surface area contributed by atoms with Crippen molar-refractivity contribution >= 4 is 16.9 Å². The van der Waals surface area contributed by atoms with Gasteiger partial charge in [0.2, 0.25) is 5.75 Å². The Morgan fingerprint density at radius 2 is 1.77 bits per heavy atom. The van der Waals surface area contributed by atoms with Gasteiger partial charge < -0.3 is 24.1 Å². The van der Waals surface area contributed by atoms with Crippen LogP contribution in [-0.2, 0) is 13.1 Å². The molecule has 1 heterocycles. The minimum Gasteiger partial charge on any atom is -0.493 e. The first-order valence-electron chi connectivity index (χ1n) is 10.0. The number of hydrogen-bond donors (Lipinski definition) is 1. The molecule has 30 heavy (non-hydrogen) atoms. The minimum atomic E-state index is -0.239. The maximum atomic E-state index is 12.9. The van der Waals surface area contributed by atoms with Gasteiger partial charge in [-0.2, -0.15) is 0 Å².